The Morgan fingerprint density at radius 2 is 1.81 bits per heavy atom. The van der Waals surface area contributed by atoms with Gasteiger partial charge in [-0.2, -0.15) is 0 Å². The van der Waals surface area contributed by atoms with Gasteiger partial charge in [0.1, 0.15) is 23.8 Å². The molecule has 0 aliphatic carbocycles. The lowest BCUT2D eigenvalue weighted by atomic mass is 9.96. The summed E-state index contributed by atoms with van der Waals surface area (Å²) in [5.41, 5.74) is 6.75. The first kappa shape index (κ1) is 22.2. The van der Waals surface area contributed by atoms with Gasteiger partial charge in [0.2, 0.25) is 0 Å². The Kier molecular flexibility index (Phi) is 8.16. The van der Waals surface area contributed by atoms with Crippen LogP contribution in [0.25, 0.3) is 0 Å². The summed E-state index contributed by atoms with van der Waals surface area (Å²) in [4.78, 5) is 0. The lowest BCUT2D eigenvalue weighted by Gasteiger charge is -2.24. The Morgan fingerprint density at radius 1 is 1.11 bits per heavy atom. The first-order valence-corrected chi connectivity index (χ1v) is 9.13. The second-order valence-corrected chi connectivity index (χ2v) is 7.07. The standard InChI is InChI=1S/C19H20Cl2FNO3.ClH/c20-15-4-1-11(9-16(15)21)18(23)19(24)14-3-2-13(10-17(14)22)26-12-5-7-25-8-6-12;/h1-4,9-10,12,18-19,24H,5-8,23H2;1H. The average molecular weight is 437 g/mol. The summed E-state index contributed by atoms with van der Waals surface area (Å²) >= 11 is 11.9. The van der Waals surface area contributed by atoms with E-state index in [1.807, 2.05) is 0 Å². The largest absolute Gasteiger partial charge is 0.490 e. The van der Waals surface area contributed by atoms with Gasteiger partial charge >= 0.3 is 0 Å². The number of hydrogen-bond acceptors (Lipinski definition) is 4. The zero-order valence-electron chi connectivity index (χ0n) is 14.4. The summed E-state index contributed by atoms with van der Waals surface area (Å²) in [7, 11) is 0. The molecule has 0 amide bonds. The van der Waals surface area contributed by atoms with Crippen LogP contribution in [0.1, 0.15) is 36.1 Å². The van der Waals surface area contributed by atoms with E-state index >= 15 is 0 Å². The van der Waals surface area contributed by atoms with Gasteiger partial charge in [-0.25, -0.2) is 4.39 Å². The number of benzene rings is 2. The highest BCUT2D eigenvalue weighted by molar-refractivity contribution is 6.42. The molecule has 3 rings (SSSR count). The van der Waals surface area contributed by atoms with E-state index in [4.69, 9.17) is 38.4 Å². The van der Waals surface area contributed by atoms with Crippen LogP contribution in [-0.2, 0) is 4.74 Å². The number of nitrogens with two attached hydrogens (primary N) is 1. The van der Waals surface area contributed by atoms with Crippen molar-refractivity contribution in [3.63, 3.8) is 0 Å². The minimum atomic E-state index is -1.23. The fraction of sp³-hybridized carbons (Fsp3) is 0.368. The molecule has 0 spiro atoms. The third kappa shape index (κ3) is 5.47. The molecule has 8 heteroatoms. The Morgan fingerprint density at radius 3 is 2.44 bits per heavy atom. The number of ether oxygens (including phenoxy) is 2. The van der Waals surface area contributed by atoms with Gasteiger partial charge in [-0.1, -0.05) is 29.3 Å². The van der Waals surface area contributed by atoms with Crippen LogP contribution >= 0.6 is 35.6 Å². The Labute approximate surface area is 173 Å². The van der Waals surface area contributed by atoms with Crippen molar-refractivity contribution in [1.29, 1.82) is 0 Å². The van der Waals surface area contributed by atoms with Crippen molar-refractivity contribution in [3.8, 4) is 5.75 Å². The van der Waals surface area contributed by atoms with E-state index in [1.54, 1.807) is 24.3 Å². The molecule has 0 radical (unpaired) electrons. The molecule has 2 atom stereocenters. The maximum atomic E-state index is 14.5. The van der Waals surface area contributed by atoms with Gasteiger partial charge in [0.25, 0.3) is 0 Å². The third-order valence-electron chi connectivity index (χ3n) is 4.43. The number of halogens is 4. The lowest BCUT2D eigenvalue weighted by Crippen LogP contribution is -2.26. The molecule has 1 aliphatic rings. The average Bonchev–Trinajstić information content (AvgIpc) is 2.64. The van der Waals surface area contributed by atoms with E-state index in [0.717, 1.165) is 12.8 Å². The van der Waals surface area contributed by atoms with Gasteiger partial charge in [-0.05, 0) is 29.8 Å². The van der Waals surface area contributed by atoms with Crippen LogP contribution in [0.5, 0.6) is 5.75 Å². The van der Waals surface area contributed by atoms with Crippen LogP contribution in [0.15, 0.2) is 36.4 Å². The molecule has 1 heterocycles. The van der Waals surface area contributed by atoms with Gasteiger partial charge in [0, 0.05) is 24.5 Å². The molecule has 0 saturated carbocycles. The van der Waals surface area contributed by atoms with E-state index < -0.39 is 18.0 Å². The second-order valence-electron chi connectivity index (χ2n) is 6.26. The molecule has 2 unspecified atom stereocenters. The summed E-state index contributed by atoms with van der Waals surface area (Å²) in [6, 6.07) is 8.37. The normalized spacial score (nSPS) is 17.1. The molecule has 1 fully saturated rings. The highest BCUT2D eigenvalue weighted by Crippen LogP contribution is 2.33. The minimum absolute atomic E-state index is 0. The zero-order valence-corrected chi connectivity index (χ0v) is 16.7. The van der Waals surface area contributed by atoms with Crippen LogP contribution in [-0.4, -0.2) is 24.4 Å². The highest BCUT2D eigenvalue weighted by Gasteiger charge is 2.23. The van der Waals surface area contributed by atoms with Crippen LogP contribution in [0, 0.1) is 5.82 Å². The summed E-state index contributed by atoms with van der Waals surface area (Å²) in [5.74, 6) is -0.147. The molecule has 2 aromatic rings. The number of aliphatic hydroxyl groups is 1. The van der Waals surface area contributed by atoms with E-state index in [-0.39, 0.29) is 24.1 Å². The predicted molar refractivity (Wildman–Crippen MR) is 106 cm³/mol. The van der Waals surface area contributed by atoms with Gasteiger partial charge in [0.15, 0.2) is 0 Å². The maximum absolute atomic E-state index is 14.5. The topological polar surface area (TPSA) is 64.7 Å². The van der Waals surface area contributed by atoms with Gasteiger partial charge in [-0.15, -0.1) is 12.4 Å². The maximum Gasteiger partial charge on any atom is 0.132 e. The van der Waals surface area contributed by atoms with Crippen molar-refractivity contribution >= 4 is 35.6 Å². The summed E-state index contributed by atoms with van der Waals surface area (Å²) < 4.78 is 25.6. The van der Waals surface area contributed by atoms with Crippen LogP contribution in [0.2, 0.25) is 10.0 Å². The van der Waals surface area contributed by atoms with E-state index in [1.165, 1.54) is 12.1 Å². The van der Waals surface area contributed by atoms with E-state index in [2.05, 4.69) is 0 Å². The van der Waals surface area contributed by atoms with Crippen LogP contribution in [0.3, 0.4) is 0 Å². The highest BCUT2D eigenvalue weighted by atomic mass is 35.5. The van der Waals surface area contributed by atoms with Crippen LogP contribution < -0.4 is 10.5 Å². The first-order valence-electron chi connectivity index (χ1n) is 8.38. The Balaban J connectivity index is 0.00000261. The molecule has 148 valence electrons. The summed E-state index contributed by atoms with van der Waals surface area (Å²) in [6.07, 6.45) is 0.323. The molecule has 0 aromatic heterocycles. The SMILES string of the molecule is Cl.NC(c1ccc(Cl)c(Cl)c1)C(O)c1ccc(OC2CCOCC2)cc1F. The molecule has 1 saturated heterocycles. The van der Waals surface area contributed by atoms with Crippen molar-refractivity contribution in [3.05, 3.63) is 63.4 Å². The smallest absolute Gasteiger partial charge is 0.132 e. The second kappa shape index (κ2) is 9.92. The molecule has 3 N–H and O–H groups in total. The van der Waals surface area contributed by atoms with E-state index in [0.29, 0.717) is 34.6 Å². The Hall–Kier alpha value is -1.08. The quantitative estimate of drug-likeness (QED) is 0.703. The summed E-state index contributed by atoms with van der Waals surface area (Å²) in [5, 5.41) is 11.2. The molecular weight excluding hydrogens is 416 g/mol. The molecule has 27 heavy (non-hydrogen) atoms. The number of rotatable bonds is 5. The monoisotopic (exact) mass is 435 g/mol. The fourth-order valence-corrected chi connectivity index (χ4v) is 3.21. The molecule has 1 aliphatic heterocycles. The van der Waals surface area contributed by atoms with Gasteiger partial charge in [-0.3, -0.25) is 0 Å². The van der Waals surface area contributed by atoms with E-state index in [9.17, 15) is 9.50 Å². The van der Waals surface area contributed by atoms with Crippen molar-refractivity contribution < 1.29 is 19.0 Å². The number of hydrogen-bond donors (Lipinski definition) is 2. The molecule has 0 bridgehead atoms. The van der Waals surface area contributed by atoms with Crippen molar-refractivity contribution in [2.45, 2.75) is 31.1 Å². The molecule has 4 nitrogen and oxygen atoms in total. The number of aliphatic hydroxyl groups excluding tert-OH is 1. The molecular formula is C19H21Cl3FNO3. The minimum Gasteiger partial charge on any atom is -0.490 e. The summed E-state index contributed by atoms with van der Waals surface area (Å²) in [6.45, 7) is 1.28. The molecule has 2 aromatic carbocycles. The third-order valence-corrected chi connectivity index (χ3v) is 5.17. The Bertz CT molecular complexity index is 772. The van der Waals surface area contributed by atoms with Crippen molar-refractivity contribution in [1.82, 2.24) is 0 Å². The van der Waals surface area contributed by atoms with Gasteiger partial charge in [0.05, 0.1) is 29.3 Å². The van der Waals surface area contributed by atoms with Crippen molar-refractivity contribution in [2.75, 3.05) is 13.2 Å². The van der Waals surface area contributed by atoms with Crippen molar-refractivity contribution in [2.24, 2.45) is 5.73 Å². The van der Waals surface area contributed by atoms with Crippen LogP contribution in [0.4, 0.5) is 4.39 Å². The van der Waals surface area contributed by atoms with Gasteiger partial charge < -0.3 is 20.3 Å². The lowest BCUT2D eigenvalue weighted by molar-refractivity contribution is 0.0254. The zero-order chi connectivity index (χ0) is 18.7. The fourth-order valence-electron chi connectivity index (χ4n) is 2.90. The predicted octanol–water partition coefficient (Wildman–Crippen LogP) is 4.85. The first-order chi connectivity index (χ1) is 12.5.